The van der Waals surface area contributed by atoms with Gasteiger partial charge in [0.1, 0.15) is 0 Å². The van der Waals surface area contributed by atoms with Crippen molar-refractivity contribution in [2.75, 3.05) is 126 Å². The molecule has 0 aliphatic carbocycles. The highest BCUT2D eigenvalue weighted by molar-refractivity contribution is 7.89. The van der Waals surface area contributed by atoms with Crippen molar-refractivity contribution in [3.8, 4) is 0 Å². The van der Waals surface area contributed by atoms with Gasteiger partial charge in [-0.3, -0.25) is 9.80 Å². The molecule has 8 aromatic rings. The van der Waals surface area contributed by atoms with Crippen LogP contribution in [0.15, 0.2) is 245 Å². The third-order valence-corrected chi connectivity index (χ3v) is 30.0. The second-order valence-electron chi connectivity index (χ2n) is 32.2. The van der Waals surface area contributed by atoms with Gasteiger partial charge in [0.05, 0.1) is 14.7 Å². The van der Waals surface area contributed by atoms with E-state index in [2.05, 4.69) is 149 Å². The molecule has 3 aliphatic heterocycles. The highest BCUT2D eigenvalue weighted by atomic mass is 35.5. The first-order valence-corrected chi connectivity index (χ1v) is 47.8. The molecule has 0 radical (unpaired) electrons. The van der Waals surface area contributed by atoms with E-state index in [0.29, 0.717) is 52.4 Å². The number of likely N-dealkylation sites (tertiary alicyclic amines) is 3. The fraction of sp³-hybridized carbons (Fsp3) is 0.500. The Kier molecular flexibility index (Phi) is 39.0. The molecule has 3 unspecified atom stereocenters. The van der Waals surface area contributed by atoms with E-state index < -0.39 is 30.1 Å². The average Bonchev–Trinajstić information content (AvgIpc) is 0.821. The van der Waals surface area contributed by atoms with Crippen molar-refractivity contribution in [2.24, 2.45) is 0 Å². The van der Waals surface area contributed by atoms with E-state index in [4.69, 9.17) is 11.6 Å². The summed E-state index contributed by atoms with van der Waals surface area (Å²) in [5.41, 5.74) is 7.61. The molecular weight excluding hydrogens is 1510 g/mol. The maximum atomic E-state index is 13.2. The smallest absolute Gasteiger partial charge is 0.242 e. The second kappa shape index (κ2) is 48.6. The van der Waals surface area contributed by atoms with Crippen LogP contribution < -0.4 is 0 Å². The predicted molar refractivity (Wildman–Crippen MR) is 479 cm³/mol. The Balaban J connectivity index is 0.000000197. The summed E-state index contributed by atoms with van der Waals surface area (Å²) in [6.45, 7) is 28.7. The van der Waals surface area contributed by atoms with E-state index in [1.165, 1.54) is 123 Å². The first-order valence-electron chi connectivity index (χ1n) is 43.1. The Labute approximate surface area is 700 Å². The van der Waals surface area contributed by atoms with Crippen molar-refractivity contribution >= 4 is 41.7 Å². The number of likely N-dealkylation sites (N-methyl/N-ethyl adjacent to an activating group) is 3. The third kappa shape index (κ3) is 29.5. The molecular formula is C96H136ClN9O6S3. The highest BCUT2D eigenvalue weighted by Gasteiger charge is 2.32. The SMILES string of the molecule is CCCCCCCCCN(CC)C1CCN(CCC(CN(C)S(=O)(=O)c2ccccc2)c2ccccc2)CC1.CCN(Cc1ccc(C)cc1)C1CCN(CCC(CN(C)S(=O)(=O)c2ccccc2)c2ccccc2)CC1.CCN(Cc1ccc(Cl)cc1)C1CCN(CCC(CN(C)S(=O)(=O)c2ccccc2)c2ccccc2)CC1. The number of hydrogen-bond donors (Lipinski definition) is 0. The first kappa shape index (κ1) is 92.4. The van der Waals surface area contributed by atoms with E-state index in [1.54, 1.807) is 93.9 Å². The molecule has 0 amide bonds. The summed E-state index contributed by atoms with van der Waals surface area (Å²) < 4.78 is 83.7. The van der Waals surface area contributed by atoms with Crippen LogP contribution in [0.4, 0.5) is 0 Å². The van der Waals surface area contributed by atoms with Crippen molar-refractivity contribution in [1.29, 1.82) is 0 Å². The molecule has 0 bridgehead atoms. The number of benzene rings is 8. The molecule has 0 saturated carbocycles. The van der Waals surface area contributed by atoms with E-state index >= 15 is 0 Å². The van der Waals surface area contributed by atoms with Gasteiger partial charge in [-0.1, -0.05) is 265 Å². The number of sulfonamides is 3. The molecule has 626 valence electrons. The van der Waals surface area contributed by atoms with Gasteiger partial charge in [0.2, 0.25) is 30.1 Å². The number of rotatable bonds is 42. The van der Waals surface area contributed by atoms with E-state index in [1.807, 2.05) is 72.8 Å². The summed E-state index contributed by atoms with van der Waals surface area (Å²) in [7, 11) is -5.43. The number of aryl methyl sites for hydroxylation is 1. The van der Waals surface area contributed by atoms with Crippen molar-refractivity contribution in [3.63, 3.8) is 0 Å². The van der Waals surface area contributed by atoms with E-state index in [9.17, 15) is 25.3 Å². The van der Waals surface area contributed by atoms with Crippen LogP contribution in [0, 0.1) is 6.92 Å². The molecule has 3 heterocycles. The van der Waals surface area contributed by atoms with Gasteiger partial charge in [-0.25, -0.2) is 38.2 Å². The fourth-order valence-electron chi connectivity index (χ4n) is 17.0. The lowest BCUT2D eigenvalue weighted by atomic mass is 9.94. The monoisotopic (exact) mass is 1640 g/mol. The molecule has 3 aliphatic rings. The molecule has 3 saturated heterocycles. The molecule has 115 heavy (non-hydrogen) atoms. The molecule has 3 fully saturated rings. The molecule has 15 nitrogen and oxygen atoms in total. The largest absolute Gasteiger partial charge is 0.303 e. The van der Waals surface area contributed by atoms with Crippen LogP contribution >= 0.6 is 11.6 Å². The van der Waals surface area contributed by atoms with Crippen molar-refractivity contribution < 1.29 is 25.3 Å². The summed E-state index contributed by atoms with van der Waals surface area (Å²) in [5, 5.41) is 0.780. The Bertz CT molecular complexity index is 4120. The summed E-state index contributed by atoms with van der Waals surface area (Å²) in [4.78, 5) is 16.7. The van der Waals surface area contributed by atoms with Crippen LogP contribution in [0.5, 0.6) is 0 Å². The van der Waals surface area contributed by atoms with Gasteiger partial charge in [0.25, 0.3) is 0 Å². The van der Waals surface area contributed by atoms with Crippen LogP contribution in [0.2, 0.25) is 5.02 Å². The Morgan fingerprint density at radius 1 is 0.348 bits per heavy atom. The van der Waals surface area contributed by atoms with Crippen LogP contribution in [-0.4, -0.2) is 212 Å². The Morgan fingerprint density at radius 3 is 0.913 bits per heavy atom. The molecule has 19 heteroatoms. The number of hydrogen-bond acceptors (Lipinski definition) is 12. The lowest BCUT2D eigenvalue weighted by Crippen LogP contribution is -2.45. The Morgan fingerprint density at radius 2 is 0.617 bits per heavy atom. The van der Waals surface area contributed by atoms with Crippen LogP contribution in [0.1, 0.15) is 182 Å². The van der Waals surface area contributed by atoms with Gasteiger partial charge < -0.3 is 19.6 Å². The van der Waals surface area contributed by atoms with Gasteiger partial charge >= 0.3 is 0 Å². The normalized spacial score (nSPS) is 16.2. The molecule has 8 aromatic carbocycles. The maximum Gasteiger partial charge on any atom is 0.242 e. The van der Waals surface area contributed by atoms with Gasteiger partial charge in [-0.2, -0.15) is 0 Å². The molecule has 0 spiro atoms. The topological polar surface area (TPSA) is 132 Å². The summed E-state index contributed by atoms with van der Waals surface area (Å²) >= 11 is 6.06. The number of nitrogens with zero attached hydrogens (tertiary/aromatic N) is 9. The maximum absolute atomic E-state index is 13.2. The molecule has 3 atom stereocenters. The van der Waals surface area contributed by atoms with Gasteiger partial charge in [-0.15, -0.1) is 0 Å². The van der Waals surface area contributed by atoms with Crippen molar-refractivity contribution in [2.45, 2.75) is 201 Å². The summed E-state index contributed by atoms with van der Waals surface area (Å²) in [6.07, 6.45) is 19.5. The standard InChI is InChI=1S/C33H53N3O2S.C32H43N3O2S.C31H40ClN3O2S/c1-4-6-7-8-9-10-17-25-36(5-2)32-23-27-35(28-24-32)26-22-31(30-18-13-11-14-19-30)29-34(3)39(37,38)33-20-15-12-16-21-33;1-4-35(25-28-17-15-27(2)16-18-28)31-20-23-34(24-21-31)22-19-30(29-11-7-5-8-12-29)26-33(3)38(36,37)32-13-9-6-10-14-32;1-3-35(24-26-14-16-29(32)17-15-26)30-19-22-34(23-20-30)21-18-28(27-10-6-4-7-11-27)25-33(2)38(36,37)31-12-8-5-9-13-31/h11-16,18-21,31-32H,4-10,17,22-29H2,1-3H3;5-18,30-31H,4,19-26H2,1-3H3;4-17,28,30H,3,18-25H2,1-2H3. The number of halogens is 1. The zero-order valence-electron chi connectivity index (χ0n) is 70.5. The molecule has 0 N–H and O–H groups in total. The summed E-state index contributed by atoms with van der Waals surface area (Å²) in [5.74, 6) is 0.442. The van der Waals surface area contributed by atoms with Gasteiger partial charge in [0.15, 0.2) is 0 Å². The molecule has 11 rings (SSSR count). The van der Waals surface area contributed by atoms with E-state index in [-0.39, 0.29) is 17.8 Å². The summed E-state index contributed by atoms with van der Waals surface area (Å²) in [6, 6.07) is 76.4. The quantitative estimate of drug-likeness (QED) is 0.0337. The van der Waals surface area contributed by atoms with Crippen LogP contribution in [0.3, 0.4) is 0 Å². The Hall–Kier alpha value is -6.46. The minimum atomic E-state index is -3.53. The minimum absolute atomic E-state index is 0.134. The van der Waals surface area contributed by atoms with Crippen molar-refractivity contribution in [3.05, 3.63) is 269 Å². The average molecular weight is 1640 g/mol. The highest BCUT2D eigenvalue weighted by Crippen LogP contribution is 2.31. The van der Waals surface area contributed by atoms with Crippen molar-refractivity contribution in [1.82, 2.24) is 42.3 Å². The van der Waals surface area contributed by atoms with Crippen LogP contribution in [0.25, 0.3) is 0 Å². The predicted octanol–water partition coefficient (Wildman–Crippen LogP) is 18.9. The first-order chi connectivity index (χ1) is 55.7. The third-order valence-electron chi connectivity index (χ3n) is 24.3. The number of piperidine rings is 3. The minimum Gasteiger partial charge on any atom is -0.303 e. The lowest BCUT2D eigenvalue weighted by molar-refractivity contribution is 0.105. The zero-order chi connectivity index (χ0) is 81.8. The van der Waals surface area contributed by atoms with Gasteiger partial charge in [0, 0.05) is 77.0 Å². The second-order valence-corrected chi connectivity index (χ2v) is 38.8. The number of unbranched alkanes of at least 4 members (excludes halogenated alkanes) is 6. The van der Waals surface area contributed by atoms with Crippen LogP contribution in [-0.2, 0) is 43.2 Å². The zero-order valence-corrected chi connectivity index (χ0v) is 73.7. The lowest BCUT2D eigenvalue weighted by Gasteiger charge is -2.38. The molecule has 0 aromatic heterocycles. The van der Waals surface area contributed by atoms with Gasteiger partial charge in [-0.05, 0) is 250 Å². The fourth-order valence-corrected chi connectivity index (χ4v) is 20.8. The van der Waals surface area contributed by atoms with E-state index in [0.717, 1.165) is 129 Å².